The fourth-order valence-corrected chi connectivity index (χ4v) is 5.02. The van der Waals surface area contributed by atoms with Gasteiger partial charge >= 0.3 is 17.4 Å². The van der Waals surface area contributed by atoms with Crippen LogP contribution in [0.4, 0.5) is 36.4 Å². The van der Waals surface area contributed by atoms with Gasteiger partial charge in [0.05, 0.1) is 27.2 Å². The molecule has 0 heterocycles. The van der Waals surface area contributed by atoms with Crippen LogP contribution in [0.2, 0.25) is 0 Å². The summed E-state index contributed by atoms with van der Waals surface area (Å²) in [4.78, 5) is 9.10. The molecule has 29 heavy (non-hydrogen) atoms. The highest BCUT2D eigenvalue weighted by Gasteiger charge is 2.80. The van der Waals surface area contributed by atoms with Gasteiger partial charge in [0, 0.05) is 27.1 Å². The van der Waals surface area contributed by atoms with Crippen LogP contribution >= 0.6 is 31.9 Å². The Hall–Kier alpha value is -1.38. The molecule has 0 spiro atoms. The SMILES string of the molecule is O=[N+]([O-])c1ccccc1-c1c(Br)[c]c(Br)cc1[S+]([O-])C(F)(F)C(F)(F)C(F)(F)F. The van der Waals surface area contributed by atoms with Crippen molar-refractivity contribution in [3.63, 3.8) is 0 Å². The number of nitro benzene ring substituents is 1. The molecule has 0 aliphatic rings. The number of para-hydroxylation sites is 1. The van der Waals surface area contributed by atoms with Crippen molar-refractivity contribution in [3.8, 4) is 11.1 Å². The van der Waals surface area contributed by atoms with Crippen molar-refractivity contribution >= 4 is 48.7 Å². The lowest BCUT2D eigenvalue weighted by Gasteiger charge is -2.29. The van der Waals surface area contributed by atoms with E-state index in [0.29, 0.717) is 6.07 Å². The van der Waals surface area contributed by atoms with Gasteiger partial charge in [-0.25, -0.2) is 0 Å². The Morgan fingerprint density at radius 2 is 1.59 bits per heavy atom. The smallest absolute Gasteiger partial charge is 0.486 e. The predicted molar refractivity (Wildman–Crippen MR) is 95.1 cm³/mol. The van der Waals surface area contributed by atoms with Crippen LogP contribution in [-0.4, -0.2) is 26.8 Å². The van der Waals surface area contributed by atoms with Gasteiger partial charge in [-0.3, -0.25) is 10.1 Å². The van der Waals surface area contributed by atoms with E-state index in [-0.39, 0.29) is 8.95 Å². The van der Waals surface area contributed by atoms with Crippen LogP contribution in [0.5, 0.6) is 0 Å². The van der Waals surface area contributed by atoms with Crippen LogP contribution in [0.15, 0.2) is 44.2 Å². The lowest BCUT2D eigenvalue weighted by atomic mass is 10.0. The number of rotatable bonds is 5. The van der Waals surface area contributed by atoms with Crippen molar-refractivity contribution in [2.24, 2.45) is 0 Å². The van der Waals surface area contributed by atoms with Crippen molar-refractivity contribution in [1.82, 2.24) is 0 Å². The summed E-state index contributed by atoms with van der Waals surface area (Å²) in [5.74, 6) is -6.64. The third kappa shape index (κ3) is 4.25. The number of alkyl halides is 7. The highest BCUT2D eigenvalue weighted by atomic mass is 79.9. The lowest BCUT2D eigenvalue weighted by Crippen LogP contribution is -2.56. The maximum absolute atomic E-state index is 14.1. The molecule has 157 valence electrons. The van der Waals surface area contributed by atoms with E-state index in [1.54, 1.807) is 0 Å². The normalized spacial score (nSPS) is 14.0. The molecule has 2 aromatic carbocycles. The van der Waals surface area contributed by atoms with Crippen LogP contribution in [0.1, 0.15) is 0 Å². The maximum atomic E-state index is 14.1. The lowest BCUT2D eigenvalue weighted by molar-refractivity contribution is -0.384. The topological polar surface area (TPSA) is 66.2 Å². The zero-order valence-corrected chi connectivity index (χ0v) is 17.4. The van der Waals surface area contributed by atoms with Gasteiger partial charge in [-0.1, -0.05) is 12.1 Å². The molecule has 0 amide bonds. The summed E-state index contributed by atoms with van der Waals surface area (Å²) >= 11 is 1.36. The van der Waals surface area contributed by atoms with Crippen molar-refractivity contribution in [2.45, 2.75) is 22.2 Å². The Balaban J connectivity index is 2.80. The van der Waals surface area contributed by atoms with Crippen molar-refractivity contribution < 1.29 is 40.2 Å². The van der Waals surface area contributed by atoms with Gasteiger partial charge in [-0.2, -0.15) is 22.0 Å². The average Bonchev–Trinajstić information content (AvgIpc) is 2.59. The van der Waals surface area contributed by atoms with E-state index < -0.39 is 55.2 Å². The summed E-state index contributed by atoms with van der Waals surface area (Å²) in [7, 11) is 0. The van der Waals surface area contributed by atoms with Gasteiger partial charge in [0.15, 0.2) is 4.90 Å². The largest absolute Gasteiger partial charge is 0.606 e. The van der Waals surface area contributed by atoms with Crippen LogP contribution in [0.3, 0.4) is 0 Å². The van der Waals surface area contributed by atoms with E-state index in [0.717, 1.165) is 12.1 Å². The van der Waals surface area contributed by atoms with E-state index in [9.17, 15) is 45.4 Å². The van der Waals surface area contributed by atoms with E-state index in [1.807, 2.05) is 0 Å². The molecule has 0 aromatic heterocycles. The van der Waals surface area contributed by atoms with Gasteiger partial charge in [0.2, 0.25) is 0 Å². The van der Waals surface area contributed by atoms with Gasteiger partial charge < -0.3 is 4.55 Å². The van der Waals surface area contributed by atoms with Crippen LogP contribution in [0.25, 0.3) is 11.1 Å². The Labute approximate surface area is 177 Å². The molecular weight excluding hydrogens is 567 g/mol. The quantitative estimate of drug-likeness (QED) is 0.178. The summed E-state index contributed by atoms with van der Waals surface area (Å²) in [5, 5.41) is 5.14. The number of hydrogen-bond donors (Lipinski definition) is 0. The second kappa shape index (κ2) is 8.04. The first-order valence-corrected chi connectivity index (χ1v) is 9.76. The van der Waals surface area contributed by atoms with Crippen LogP contribution in [-0.2, 0) is 11.2 Å². The third-order valence-corrected chi connectivity index (χ3v) is 5.94. The Bertz CT molecular complexity index is 956. The summed E-state index contributed by atoms with van der Waals surface area (Å²) in [6, 6.07) is 7.43. The second-order valence-corrected chi connectivity index (χ2v) is 8.44. The minimum atomic E-state index is -6.69. The van der Waals surface area contributed by atoms with Gasteiger partial charge in [-0.05, 0) is 37.9 Å². The molecule has 14 heteroatoms. The summed E-state index contributed by atoms with van der Waals surface area (Å²) in [6.45, 7) is 0. The fraction of sp³-hybridized carbons (Fsp3) is 0.200. The Kier molecular flexibility index (Phi) is 6.62. The Morgan fingerprint density at radius 1 is 1.03 bits per heavy atom. The first kappa shape index (κ1) is 23.9. The highest BCUT2D eigenvalue weighted by molar-refractivity contribution is 9.11. The molecule has 2 rings (SSSR count). The molecule has 0 fully saturated rings. The van der Waals surface area contributed by atoms with E-state index >= 15 is 0 Å². The third-order valence-electron chi connectivity index (χ3n) is 3.48. The summed E-state index contributed by atoms with van der Waals surface area (Å²) in [6.07, 6.45) is -6.69. The standard InChI is InChI=1S/C15H5Br2F7NO3S/c16-7-5-9(17)12(8-3-1-2-4-10(8)25(26)27)11(6-7)29(28)15(23,24)13(18,19)14(20,21)22/h1-4,6H. The number of nitrogens with zero attached hydrogens (tertiary/aromatic N) is 1. The van der Waals surface area contributed by atoms with E-state index in [1.165, 1.54) is 12.1 Å². The molecule has 1 atom stereocenters. The zero-order valence-electron chi connectivity index (χ0n) is 13.4. The molecular formula is C15H5Br2F7NO3S. The first-order valence-electron chi connectivity index (χ1n) is 7.02. The highest BCUT2D eigenvalue weighted by Crippen LogP contribution is 2.53. The molecule has 0 aliphatic heterocycles. The molecule has 2 aromatic rings. The number of nitro groups is 1. The van der Waals surface area contributed by atoms with Crippen LogP contribution < -0.4 is 0 Å². The number of hydrogen-bond acceptors (Lipinski definition) is 3. The zero-order chi connectivity index (χ0) is 22.4. The molecule has 1 radical (unpaired) electrons. The predicted octanol–water partition coefficient (Wildman–Crippen LogP) is 6.48. The van der Waals surface area contributed by atoms with Crippen molar-refractivity contribution in [3.05, 3.63) is 55.5 Å². The van der Waals surface area contributed by atoms with Gasteiger partial charge in [0.25, 0.3) is 5.69 Å². The minimum absolute atomic E-state index is 0.221. The average molecular weight is 572 g/mol. The van der Waals surface area contributed by atoms with Crippen LogP contribution in [0, 0.1) is 16.2 Å². The molecule has 4 nitrogen and oxygen atoms in total. The molecule has 0 saturated carbocycles. The minimum Gasteiger partial charge on any atom is -0.606 e. The molecule has 0 aliphatic carbocycles. The number of benzene rings is 2. The van der Waals surface area contributed by atoms with Gasteiger partial charge in [0.1, 0.15) is 0 Å². The van der Waals surface area contributed by atoms with Crippen molar-refractivity contribution in [2.75, 3.05) is 0 Å². The van der Waals surface area contributed by atoms with Crippen molar-refractivity contribution in [1.29, 1.82) is 0 Å². The summed E-state index contributed by atoms with van der Waals surface area (Å²) < 4.78 is 104. The van der Waals surface area contributed by atoms with Gasteiger partial charge in [-0.15, -0.1) is 8.78 Å². The molecule has 0 N–H and O–H groups in total. The Morgan fingerprint density at radius 3 is 2.10 bits per heavy atom. The molecule has 0 saturated heterocycles. The second-order valence-electron chi connectivity index (χ2n) is 5.30. The summed E-state index contributed by atoms with van der Waals surface area (Å²) in [5.41, 5.74) is -1.77. The maximum Gasteiger partial charge on any atom is 0.486 e. The fourth-order valence-electron chi connectivity index (χ4n) is 2.16. The first-order chi connectivity index (χ1) is 13.1. The molecule has 1 unspecified atom stereocenters. The number of halogens is 9. The molecule has 0 bridgehead atoms. The van der Waals surface area contributed by atoms with E-state index in [2.05, 4.69) is 37.9 Å². The van der Waals surface area contributed by atoms with E-state index in [4.69, 9.17) is 0 Å². The monoisotopic (exact) mass is 570 g/mol.